The summed E-state index contributed by atoms with van der Waals surface area (Å²) >= 11 is 0. The molecule has 0 radical (unpaired) electrons. The molecule has 0 saturated carbocycles. The van der Waals surface area contributed by atoms with Gasteiger partial charge < -0.3 is 9.64 Å². The third kappa shape index (κ3) is 4.87. The fraction of sp³-hybridized carbons (Fsp3) is 0.565. The SMILES string of the molecule is Cc1cc(CN(CCN2CCOCC2)C(=O)[C@@H]2CCc3ccccc3C2)n(C)n1. The number of hydrogen-bond donors (Lipinski definition) is 0. The number of nitrogens with zero attached hydrogens (tertiary/aromatic N) is 4. The monoisotopic (exact) mass is 396 g/mol. The first-order valence-corrected chi connectivity index (χ1v) is 10.8. The summed E-state index contributed by atoms with van der Waals surface area (Å²) in [7, 11) is 1.96. The molecule has 29 heavy (non-hydrogen) atoms. The minimum absolute atomic E-state index is 0.0731. The summed E-state index contributed by atoms with van der Waals surface area (Å²) in [6.45, 7) is 7.74. The van der Waals surface area contributed by atoms with Crippen molar-refractivity contribution in [2.75, 3.05) is 39.4 Å². The third-order valence-electron chi connectivity index (χ3n) is 6.25. The first-order valence-electron chi connectivity index (χ1n) is 10.8. The van der Waals surface area contributed by atoms with E-state index >= 15 is 0 Å². The van der Waals surface area contributed by atoms with Crippen LogP contribution in [0, 0.1) is 12.8 Å². The maximum absolute atomic E-state index is 13.6. The lowest BCUT2D eigenvalue weighted by Gasteiger charge is -2.33. The molecule has 0 spiro atoms. The van der Waals surface area contributed by atoms with Gasteiger partial charge in [-0.25, -0.2) is 0 Å². The van der Waals surface area contributed by atoms with Crippen molar-refractivity contribution in [3.63, 3.8) is 0 Å². The van der Waals surface area contributed by atoms with Crippen LogP contribution < -0.4 is 0 Å². The van der Waals surface area contributed by atoms with Gasteiger partial charge in [-0.1, -0.05) is 24.3 Å². The van der Waals surface area contributed by atoms with Crippen molar-refractivity contribution < 1.29 is 9.53 Å². The van der Waals surface area contributed by atoms with E-state index in [1.165, 1.54) is 11.1 Å². The first-order chi connectivity index (χ1) is 14.1. The van der Waals surface area contributed by atoms with Crippen molar-refractivity contribution in [2.24, 2.45) is 13.0 Å². The molecule has 2 aliphatic rings. The number of aryl methyl sites for hydroxylation is 3. The number of hydrogen-bond acceptors (Lipinski definition) is 4. The Balaban J connectivity index is 1.47. The molecule has 4 rings (SSSR count). The largest absolute Gasteiger partial charge is 0.379 e. The standard InChI is InChI=1S/C23H32N4O2/c1-18-15-22(25(2)24-18)17-27(10-9-26-11-13-29-14-12-26)23(28)21-8-7-19-5-3-4-6-20(19)16-21/h3-6,15,21H,7-14,16-17H2,1-2H3/t21-/m1/s1. The topological polar surface area (TPSA) is 50.6 Å². The zero-order valence-corrected chi connectivity index (χ0v) is 17.6. The minimum Gasteiger partial charge on any atom is -0.379 e. The quantitative estimate of drug-likeness (QED) is 0.751. The predicted octanol–water partition coefficient (Wildman–Crippen LogP) is 2.19. The molecule has 0 unspecified atom stereocenters. The van der Waals surface area contributed by atoms with Gasteiger partial charge in [-0.2, -0.15) is 5.10 Å². The summed E-state index contributed by atoms with van der Waals surface area (Å²) in [5.41, 5.74) is 4.82. The van der Waals surface area contributed by atoms with Crippen LogP contribution in [0.15, 0.2) is 30.3 Å². The van der Waals surface area contributed by atoms with Gasteiger partial charge in [-0.3, -0.25) is 14.4 Å². The van der Waals surface area contributed by atoms with E-state index < -0.39 is 0 Å². The van der Waals surface area contributed by atoms with Crippen LogP contribution in [0.4, 0.5) is 0 Å². The van der Waals surface area contributed by atoms with Crippen molar-refractivity contribution in [3.05, 3.63) is 52.8 Å². The highest BCUT2D eigenvalue weighted by molar-refractivity contribution is 5.79. The molecule has 156 valence electrons. The summed E-state index contributed by atoms with van der Waals surface area (Å²) in [6.07, 6.45) is 2.79. The lowest BCUT2D eigenvalue weighted by Crippen LogP contribution is -2.45. The Bertz CT molecular complexity index is 841. The van der Waals surface area contributed by atoms with Gasteiger partial charge in [-0.15, -0.1) is 0 Å². The number of ether oxygens (including phenoxy) is 1. The van der Waals surface area contributed by atoms with Gasteiger partial charge in [0.25, 0.3) is 0 Å². The van der Waals surface area contributed by atoms with Crippen LogP contribution in [-0.4, -0.2) is 64.9 Å². The van der Waals surface area contributed by atoms with Crippen molar-refractivity contribution in [1.82, 2.24) is 19.6 Å². The number of amides is 1. The number of aromatic nitrogens is 2. The van der Waals surface area contributed by atoms with Crippen LogP contribution in [-0.2, 0) is 36.0 Å². The zero-order chi connectivity index (χ0) is 20.2. The number of fused-ring (bicyclic) bond motifs is 1. The maximum Gasteiger partial charge on any atom is 0.226 e. The Morgan fingerprint density at radius 3 is 2.72 bits per heavy atom. The van der Waals surface area contributed by atoms with Crippen molar-refractivity contribution in [2.45, 2.75) is 32.7 Å². The van der Waals surface area contributed by atoms with Crippen molar-refractivity contribution in [3.8, 4) is 0 Å². The molecule has 1 amide bonds. The third-order valence-corrected chi connectivity index (χ3v) is 6.25. The molecule has 1 saturated heterocycles. The van der Waals surface area contributed by atoms with E-state index in [4.69, 9.17) is 4.74 Å². The lowest BCUT2D eigenvalue weighted by molar-refractivity contribution is -0.137. The molecule has 1 fully saturated rings. The highest BCUT2D eigenvalue weighted by atomic mass is 16.5. The summed E-state index contributed by atoms with van der Waals surface area (Å²) in [4.78, 5) is 18.0. The van der Waals surface area contributed by atoms with E-state index in [1.54, 1.807) is 0 Å². The summed E-state index contributed by atoms with van der Waals surface area (Å²) in [5.74, 6) is 0.357. The average molecular weight is 397 g/mol. The predicted molar refractivity (Wildman–Crippen MR) is 113 cm³/mol. The summed E-state index contributed by atoms with van der Waals surface area (Å²) < 4.78 is 7.37. The van der Waals surface area contributed by atoms with Crippen LogP contribution >= 0.6 is 0 Å². The molecule has 1 aliphatic carbocycles. The minimum atomic E-state index is 0.0731. The maximum atomic E-state index is 13.6. The van der Waals surface area contributed by atoms with Crippen LogP contribution in [0.3, 0.4) is 0 Å². The molecule has 1 aromatic heterocycles. The molecule has 0 N–H and O–H groups in total. The fourth-order valence-corrected chi connectivity index (χ4v) is 4.53. The molecule has 2 heterocycles. The molecule has 1 atom stereocenters. The van der Waals surface area contributed by atoms with E-state index in [0.717, 1.165) is 70.0 Å². The number of rotatable bonds is 6. The first kappa shape index (κ1) is 20.1. The lowest BCUT2D eigenvalue weighted by atomic mass is 9.83. The fourth-order valence-electron chi connectivity index (χ4n) is 4.53. The average Bonchev–Trinajstić information content (AvgIpc) is 3.07. The molecule has 6 nitrogen and oxygen atoms in total. The van der Waals surface area contributed by atoms with E-state index in [9.17, 15) is 4.79 Å². The molecule has 2 aromatic rings. The highest BCUT2D eigenvalue weighted by Crippen LogP contribution is 2.27. The van der Waals surface area contributed by atoms with Gasteiger partial charge in [0.1, 0.15) is 0 Å². The van der Waals surface area contributed by atoms with E-state index in [-0.39, 0.29) is 11.8 Å². The van der Waals surface area contributed by atoms with Crippen LogP contribution in [0.1, 0.15) is 28.9 Å². The van der Waals surface area contributed by atoms with Gasteiger partial charge in [0.15, 0.2) is 0 Å². The van der Waals surface area contributed by atoms with Gasteiger partial charge >= 0.3 is 0 Å². The van der Waals surface area contributed by atoms with E-state index in [1.807, 2.05) is 18.7 Å². The van der Waals surface area contributed by atoms with Crippen LogP contribution in [0.25, 0.3) is 0 Å². The highest BCUT2D eigenvalue weighted by Gasteiger charge is 2.29. The van der Waals surface area contributed by atoms with Crippen molar-refractivity contribution in [1.29, 1.82) is 0 Å². The van der Waals surface area contributed by atoms with Crippen LogP contribution in [0.2, 0.25) is 0 Å². The Morgan fingerprint density at radius 2 is 2.00 bits per heavy atom. The number of carbonyl (C=O) groups excluding carboxylic acids is 1. The number of benzene rings is 1. The second-order valence-electron chi connectivity index (χ2n) is 8.32. The molecule has 1 aliphatic heterocycles. The normalized spacial score (nSPS) is 19.7. The van der Waals surface area contributed by atoms with Gasteiger partial charge in [0.05, 0.1) is 31.1 Å². The molecule has 6 heteroatoms. The number of morpholine rings is 1. The molecular formula is C23H32N4O2. The van der Waals surface area contributed by atoms with Gasteiger partial charge in [0, 0.05) is 39.1 Å². The molecule has 1 aromatic carbocycles. The summed E-state index contributed by atoms with van der Waals surface area (Å²) in [6, 6.07) is 10.6. The van der Waals surface area contributed by atoms with Crippen molar-refractivity contribution >= 4 is 5.91 Å². The van der Waals surface area contributed by atoms with Crippen LogP contribution in [0.5, 0.6) is 0 Å². The Hall–Kier alpha value is -2.18. The van der Waals surface area contributed by atoms with E-state index in [0.29, 0.717) is 6.54 Å². The van der Waals surface area contributed by atoms with E-state index in [2.05, 4.69) is 45.2 Å². The second-order valence-corrected chi connectivity index (χ2v) is 8.32. The summed E-state index contributed by atoms with van der Waals surface area (Å²) in [5, 5.41) is 4.47. The number of carbonyl (C=O) groups is 1. The Kier molecular flexibility index (Phi) is 6.31. The van der Waals surface area contributed by atoms with Gasteiger partial charge in [-0.05, 0) is 43.4 Å². The Labute approximate surface area is 173 Å². The second kappa shape index (κ2) is 9.09. The smallest absolute Gasteiger partial charge is 0.226 e. The molecular weight excluding hydrogens is 364 g/mol. The zero-order valence-electron chi connectivity index (χ0n) is 17.6. The van der Waals surface area contributed by atoms with Gasteiger partial charge in [0.2, 0.25) is 5.91 Å². The Morgan fingerprint density at radius 1 is 1.24 bits per heavy atom. The molecule has 0 bridgehead atoms.